The van der Waals surface area contributed by atoms with Gasteiger partial charge >= 0.3 is 0 Å². The van der Waals surface area contributed by atoms with Crippen molar-refractivity contribution in [3.05, 3.63) is 58.9 Å². The highest BCUT2D eigenvalue weighted by Crippen LogP contribution is 2.34. The molecule has 0 spiro atoms. The van der Waals surface area contributed by atoms with Gasteiger partial charge < -0.3 is 19.5 Å². The number of piperazine rings is 1. The van der Waals surface area contributed by atoms with Crippen LogP contribution >= 0.6 is 11.3 Å². The number of nitrogens with one attached hydrogen (secondary N) is 1. The van der Waals surface area contributed by atoms with Crippen molar-refractivity contribution in [1.82, 2.24) is 29.7 Å². The lowest BCUT2D eigenvalue weighted by Crippen LogP contribution is -2.52. The van der Waals surface area contributed by atoms with E-state index in [0.29, 0.717) is 46.8 Å². The van der Waals surface area contributed by atoms with E-state index >= 15 is 0 Å². The van der Waals surface area contributed by atoms with Crippen LogP contribution in [0.5, 0.6) is 5.75 Å². The Kier molecular flexibility index (Phi) is 5.76. The van der Waals surface area contributed by atoms with Crippen LogP contribution < -0.4 is 4.74 Å². The van der Waals surface area contributed by atoms with E-state index in [1.165, 1.54) is 35.7 Å². The first kappa shape index (κ1) is 21.7. The molecule has 0 radical (unpaired) electrons. The number of carbonyl (C=O) groups excluding carboxylic acids is 3. The van der Waals surface area contributed by atoms with Crippen LogP contribution in [0.15, 0.2) is 47.7 Å². The molecule has 4 aromatic heterocycles. The molecular formula is C23H20N6O4S. The zero-order valence-corrected chi connectivity index (χ0v) is 19.0. The van der Waals surface area contributed by atoms with Crippen molar-refractivity contribution in [3.8, 4) is 17.1 Å². The molecule has 10 nitrogen and oxygen atoms in total. The summed E-state index contributed by atoms with van der Waals surface area (Å²) in [5.74, 6) is -1.08. The Morgan fingerprint density at radius 2 is 1.85 bits per heavy atom. The standard InChI is InChI=1S/C23H20N6O4S/c1-33-17-11-26-19(16-12-34-13-27-16)20-18(17)14(10-25-20)21(30)23(32)29-8-6-28(7-9-29)22(31)15-4-2-3-5-24-15/h2-5,10-13,25H,6-9H2,1H3. The number of ketones is 1. The minimum atomic E-state index is -0.649. The quantitative estimate of drug-likeness (QED) is 0.346. The summed E-state index contributed by atoms with van der Waals surface area (Å²) in [7, 11) is 1.49. The first-order chi connectivity index (χ1) is 16.6. The number of fused-ring (bicyclic) bond motifs is 1. The van der Waals surface area contributed by atoms with Crippen molar-refractivity contribution in [3.63, 3.8) is 0 Å². The second kappa shape index (κ2) is 9.02. The molecule has 172 valence electrons. The van der Waals surface area contributed by atoms with Gasteiger partial charge in [0.05, 0.1) is 35.3 Å². The van der Waals surface area contributed by atoms with Crippen LogP contribution in [-0.4, -0.2) is 80.6 Å². The third-order valence-corrected chi connectivity index (χ3v) is 6.33. The van der Waals surface area contributed by atoms with E-state index in [1.54, 1.807) is 34.8 Å². The maximum Gasteiger partial charge on any atom is 0.295 e. The van der Waals surface area contributed by atoms with Gasteiger partial charge in [-0.2, -0.15) is 0 Å². The summed E-state index contributed by atoms with van der Waals surface area (Å²) in [6, 6.07) is 5.15. The van der Waals surface area contributed by atoms with Crippen molar-refractivity contribution < 1.29 is 19.1 Å². The molecule has 5 rings (SSSR count). The summed E-state index contributed by atoms with van der Waals surface area (Å²) < 4.78 is 5.43. The van der Waals surface area contributed by atoms with Gasteiger partial charge in [-0.15, -0.1) is 11.3 Å². The lowest BCUT2D eigenvalue weighted by atomic mass is 10.1. The number of H-pyrrole nitrogens is 1. The summed E-state index contributed by atoms with van der Waals surface area (Å²) in [5.41, 5.74) is 4.08. The van der Waals surface area contributed by atoms with Gasteiger partial charge in [0.15, 0.2) is 0 Å². The zero-order valence-electron chi connectivity index (χ0n) is 18.2. The van der Waals surface area contributed by atoms with Crippen molar-refractivity contribution in [1.29, 1.82) is 0 Å². The molecule has 1 N–H and O–H groups in total. The summed E-state index contributed by atoms with van der Waals surface area (Å²) >= 11 is 1.43. The molecule has 1 aliphatic rings. The van der Waals surface area contributed by atoms with Gasteiger partial charge in [-0.1, -0.05) is 6.07 Å². The molecule has 0 aliphatic carbocycles. The van der Waals surface area contributed by atoms with Gasteiger partial charge in [0.25, 0.3) is 17.6 Å². The van der Waals surface area contributed by atoms with Crippen molar-refractivity contribution in [2.75, 3.05) is 33.3 Å². The predicted octanol–water partition coefficient (Wildman–Crippen LogP) is 2.26. The van der Waals surface area contributed by atoms with E-state index in [2.05, 4.69) is 19.9 Å². The van der Waals surface area contributed by atoms with Crippen LogP contribution in [0.25, 0.3) is 22.3 Å². The average molecular weight is 477 g/mol. The molecule has 11 heteroatoms. The first-order valence-electron chi connectivity index (χ1n) is 10.5. The Bertz CT molecular complexity index is 1360. The van der Waals surface area contributed by atoms with Gasteiger partial charge in [0.2, 0.25) is 0 Å². The number of aromatic nitrogens is 4. The maximum atomic E-state index is 13.2. The van der Waals surface area contributed by atoms with Crippen LogP contribution in [0, 0.1) is 0 Å². The number of pyridine rings is 2. The number of nitrogens with zero attached hydrogens (tertiary/aromatic N) is 5. The van der Waals surface area contributed by atoms with E-state index in [0.717, 1.165) is 0 Å². The summed E-state index contributed by atoms with van der Waals surface area (Å²) in [5, 5.41) is 2.34. The Balaban J connectivity index is 1.36. The van der Waals surface area contributed by atoms with Gasteiger partial charge in [-0.25, -0.2) is 9.97 Å². The number of methoxy groups -OCH3 is 1. The van der Waals surface area contributed by atoms with Crippen LogP contribution in [0.4, 0.5) is 0 Å². The summed E-state index contributed by atoms with van der Waals surface area (Å²) in [6.07, 6.45) is 4.59. The molecular weight excluding hydrogens is 456 g/mol. The predicted molar refractivity (Wildman–Crippen MR) is 125 cm³/mol. The Hall–Kier alpha value is -4.12. The minimum Gasteiger partial charge on any atom is -0.494 e. The third-order valence-electron chi connectivity index (χ3n) is 5.75. The SMILES string of the molecule is COc1cnc(-c2cscn2)c2[nH]cc(C(=O)C(=O)N3CCN(C(=O)c4ccccn4)CC3)c12. The lowest BCUT2D eigenvalue weighted by molar-refractivity contribution is -0.127. The fraction of sp³-hybridized carbons (Fsp3) is 0.217. The van der Waals surface area contributed by atoms with Crippen LogP contribution in [0.3, 0.4) is 0 Å². The molecule has 0 saturated carbocycles. The number of Topliss-reactive ketones (excluding diaryl/α,β-unsaturated/α-hetero) is 1. The van der Waals surface area contributed by atoms with E-state index < -0.39 is 11.7 Å². The largest absolute Gasteiger partial charge is 0.494 e. The van der Waals surface area contributed by atoms with E-state index in [9.17, 15) is 14.4 Å². The fourth-order valence-electron chi connectivity index (χ4n) is 4.00. The van der Waals surface area contributed by atoms with Gasteiger partial charge in [-0.3, -0.25) is 19.4 Å². The molecule has 1 fully saturated rings. The topological polar surface area (TPSA) is 121 Å². The number of carbonyl (C=O) groups is 3. The first-order valence-corrected chi connectivity index (χ1v) is 11.5. The normalized spacial score (nSPS) is 13.8. The third kappa shape index (κ3) is 3.79. The molecule has 0 unspecified atom stereocenters. The maximum absolute atomic E-state index is 13.2. The molecule has 0 atom stereocenters. The molecule has 5 heterocycles. The molecule has 0 aromatic carbocycles. The Morgan fingerprint density at radius 1 is 1.06 bits per heavy atom. The second-order valence-corrected chi connectivity index (χ2v) is 8.35. The lowest BCUT2D eigenvalue weighted by Gasteiger charge is -2.34. The van der Waals surface area contributed by atoms with Gasteiger partial charge in [-0.05, 0) is 12.1 Å². The number of amides is 2. The highest BCUT2D eigenvalue weighted by atomic mass is 32.1. The van der Waals surface area contributed by atoms with Crippen molar-refractivity contribution in [2.45, 2.75) is 0 Å². The smallest absolute Gasteiger partial charge is 0.295 e. The second-order valence-electron chi connectivity index (χ2n) is 7.63. The number of hydrogen-bond acceptors (Lipinski definition) is 8. The minimum absolute atomic E-state index is 0.192. The molecule has 1 aliphatic heterocycles. The summed E-state index contributed by atoms with van der Waals surface area (Å²) in [6.45, 7) is 1.16. The fourth-order valence-corrected chi connectivity index (χ4v) is 4.54. The highest BCUT2D eigenvalue weighted by molar-refractivity contribution is 7.07. The molecule has 4 aromatic rings. The number of aromatic amines is 1. The molecule has 0 bridgehead atoms. The zero-order chi connectivity index (χ0) is 23.7. The number of ether oxygens (including phenoxy) is 1. The Morgan fingerprint density at radius 3 is 2.53 bits per heavy atom. The van der Waals surface area contributed by atoms with E-state index in [-0.39, 0.29) is 24.6 Å². The Labute approximate surface area is 198 Å². The van der Waals surface area contributed by atoms with Crippen molar-refractivity contribution >= 4 is 39.8 Å². The van der Waals surface area contributed by atoms with Gasteiger partial charge in [0, 0.05) is 44.0 Å². The average Bonchev–Trinajstić information content (AvgIpc) is 3.58. The molecule has 1 saturated heterocycles. The monoisotopic (exact) mass is 476 g/mol. The molecule has 34 heavy (non-hydrogen) atoms. The van der Waals surface area contributed by atoms with Crippen molar-refractivity contribution in [2.24, 2.45) is 0 Å². The molecule has 2 amide bonds. The summed E-state index contributed by atoms with van der Waals surface area (Å²) in [4.78, 5) is 57.9. The highest BCUT2D eigenvalue weighted by Gasteiger charge is 2.31. The van der Waals surface area contributed by atoms with Crippen LogP contribution in [0.1, 0.15) is 20.8 Å². The number of thiazole rings is 1. The van der Waals surface area contributed by atoms with Crippen LogP contribution in [0.2, 0.25) is 0 Å². The number of hydrogen-bond donors (Lipinski definition) is 1. The van der Waals surface area contributed by atoms with E-state index in [4.69, 9.17) is 4.74 Å². The van der Waals surface area contributed by atoms with E-state index in [1.807, 2.05) is 5.38 Å². The van der Waals surface area contributed by atoms with Gasteiger partial charge in [0.1, 0.15) is 22.8 Å². The number of rotatable bonds is 5. The van der Waals surface area contributed by atoms with Crippen LogP contribution in [-0.2, 0) is 4.79 Å².